The summed E-state index contributed by atoms with van der Waals surface area (Å²) in [6.45, 7) is 0. The zero-order valence-electron chi connectivity index (χ0n) is 11.6. The van der Waals surface area contributed by atoms with E-state index in [0.717, 1.165) is 6.08 Å². The first-order chi connectivity index (χ1) is 11.0. The van der Waals surface area contributed by atoms with Crippen molar-refractivity contribution in [3.63, 3.8) is 0 Å². The second kappa shape index (κ2) is 7.67. The maximum absolute atomic E-state index is 11.6. The van der Waals surface area contributed by atoms with Crippen molar-refractivity contribution >= 4 is 40.8 Å². The van der Waals surface area contributed by atoms with Gasteiger partial charge < -0.3 is 20.0 Å². The van der Waals surface area contributed by atoms with E-state index in [9.17, 15) is 14.7 Å². The van der Waals surface area contributed by atoms with Gasteiger partial charge in [0.25, 0.3) is 0 Å². The number of halogens is 2. The highest BCUT2D eigenvalue weighted by molar-refractivity contribution is 6.35. The lowest BCUT2D eigenvalue weighted by atomic mass is 10.2. The molecule has 0 unspecified atom stereocenters. The molecule has 2 aromatic rings. The smallest absolute Gasteiger partial charge is 0.248 e. The number of carbonyl (C=O) groups excluding carboxylic acids is 2. The summed E-state index contributed by atoms with van der Waals surface area (Å²) in [6.07, 6.45) is 1.48. The molecule has 0 heterocycles. The number of carboxylic acids is 1. The van der Waals surface area contributed by atoms with Gasteiger partial charge in [-0.05, 0) is 36.4 Å². The third-order valence-electron chi connectivity index (χ3n) is 2.63. The Morgan fingerprint density at radius 3 is 2.48 bits per heavy atom. The van der Waals surface area contributed by atoms with Gasteiger partial charge in [-0.2, -0.15) is 0 Å². The molecule has 0 radical (unpaired) electrons. The molecule has 0 spiro atoms. The van der Waals surface area contributed by atoms with Crippen LogP contribution in [0.25, 0.3) is 0 Å². The highest BCUT2D eigenvalue weighted by Gasteiger charge is 2.09. The SMILES string of the molecule is O=C([O-])C=CC(=O)Nc1ccccc1Oc1ccc(Cl)cc1Cl. The molecule has 2 rings (SSSR count). The average molecular weight is 351 g/mol. The second-order valence-electron chi connectivity index (χ2n) is 4.31. The fourth-order valence-electron chi connectivity index (χ4n) is 1.65. The number of para-hydroxylation sites is 2. The average Bonchev–Trinajstić information content (AvgIpc) is 2.50. The summed E-state index contributed by atoms with van der Waals surface area (Å²) < 4.78 is 5.66. The summed E-state index contributed by atoms with van der Waals surface area (Å²) in [6, 6.07) is 11.4. The van der Waals surface area contributed by atoms with Gasteiger partial charge in [0.2, 0.25) is 5.91 Å². The first-order valence-corrected chi connectivity index (χ1v) is 7.13. The second-order valence-corrected chi connectivity index (χ2v) is 5.16. The molecule has 23 heavy (non-hydrogen) atoms. The summed E-state index contributed by atoms with van der Waals surface area (Å²) >= 11 is 11.9. The van der Waals surface area contributed by atoms with Crippen LogP contribution < -0.4 is 15.2 Å². The van der Waals surface area contributed by atoms with Crippen LogP contribution in [0, 0.1) is 0 Å². The van der Waals surface area contributed by atoms with Crippen molar-refractivity contribution in [3.05, 3.63) is 64.7 Å². The van der Waals surface area contributed by atoms with Gasteiger partial charge in [-0.25, -0.2) is 0 Å². The monoisotopic (exact) mass is 350 g/mol. The van der Waals surface area contributed by atoms with Crippen molar-refractivity contribution in [2.45, 2.75) is 0 Å². The van der Waals surface area contributed by atoms with E-state index >= 15 is 0 Å². The predicted octanol–water partition coefficient (Wildman–Crippen LogP) is 3.03. The van der Waals surface area contributed by atoms with Gasteiger partial charge in [0, 0.05) is 11.1 Å². The van der Waals surface area contributed by atoms with E-state index < -0.39 is 11.9 Å². The fraction of sp³-hybridized carbons (Fsp3) is 0. The molecular formula is C16H10Cl2NO4-. The summed E-state index contributed by atoms with van der Waals surface area (Å²) in [7, 11) is 0. The van der Waals surface area contributed by atoms with Crippen LogP contribution in [0.15, 0.2) is 54.6 Å². The van der Waals surface area contributed by atoms with E-state index in [1.165, 1.54) is 6.07 Å². The van der Waals surface area contributed by atoms with Crippen LogP contribution in [0.2, 0.25) is 10.0 Å². The highest BCUT2D eigenvalue weighted by atomic mass is 35.5. The number of amides is 1. The van der Waals surface area contributed by atoms with Gasteiger partial charge in [-0.1, -0.05) is 35.3 Å². The van der Waals surface area contributed by atoms with Crippen molar-refractivity contribution in [1.29, 1.82) is 0 Å². The van der Waals surface area contributed by atoms with Gasteiger partial charge in [0.15, 0.2) is 5.75 Å². The Morgan fingerprint density at radius 1 is 1.04 bits per heavy atom. The molecule has 1 amide bonds. The number of anilines is 1. The summed E-state index contributed by atoms with van der Waals surface area (Å²) in [5, 5.41) is 13.6. The topological polar surface area (TPSA) is 78.5 Å². The Bertz CT molecular complexity index is 774. The van der Waals surface area contributed by atoms with Crippen LogP contribution in [0.1, 0.15) is 0 Å². The maximum atomic E-state index is 11.6. The standard InChI is InChI=1S/C16H11Cl2NO4/c17-10-5-6-13(11(18)9-10)23-14-4-2-1-3-12(14)19-15(20)7-8-16(21)22/h1-9H,(H,19,20)(H,21,22)/p-1. The molecule has 0 saturated heterocycles. The number of hydrogen-bond donors (Lipinski definition) is 1. The first kappa shape index (κ1) is 16.9. The molecular weight excluding hydrogens is 341 g/mol. The number of ether oxygens (including phenoxy) is 1. The van der Waals surface area contributed by atoms with Gasteiger partial charge in [0.05, 0.1) is 16.7 Å². The number of rotatable bonds is 5. The number of hydrogen-bond acceptors (Lipinski definition) is 4. The number of nitrogens with one attached hydrogen (secondary N) is 1. The maximum Gasteiger partial charge on any atom is 0.248 e. The molecule has 0 bridgehead atoms. The van der Waals surface area contributed by atoms with Crippen molar-refractivity contribution in [2.75, 3.05) is 5.32 Å². The largest absolute Gasteiger partial charge is 0.545 e. The lowest BCUT2D eigenvalue weighted by molar-refractivity contribution is -0.297. The van der Waals surface area contributed by atoms with Crippen molar-refractivity contribution < 1.29 is 19.4 Å². The van der Waals surface area contributed by atoms with Crippen LogP contribution in [0.3, 0.4) is 0 Å². The highest BCUT2D eigenvalue weighted by Crippen LogP contribution is 2.34. The Balaban J connectivity index is 2.20. The van der Waals surface area contributed by atoms with Crippen LogP contribution in [0.4, 0.5) is 5.69 Å². The molecule has 0 saturated carbocycles. The minimum Gasteiger partial charge on any atom is -0.545 e. The Kier molecular flexibility index (Phi) is 5.62. The van der Waals surface area contributed by atoms with E-state index in [2.05, 4.69) is 5.32 Å². The molecule has 1 N–H and O–H groups in total. The van der Waals surface area contributed by atoms with Crippen LogP contribution in [-0.4, -0.2) is 11.9 Å². The van der Waals surface area contributed by atoms with E-state index in [0.29, 0.717) is 33.3 Å². The zero-order chi connectivity index (χ0) is 16.8. The van der Waals surface area contributed by atoms with Gasteiger partial charge >= 0.3 is 0 Å². The van der Waals surface area contributed by atoms with Gasteiger partial charge in [0.1, 0.15) is 5.75 Å². The lowest BCUT2D eigenvalue weighted by Crippen LogP contribution is -2.20. The normalized spacial score (nSPS) is 10.5. The predicted molar refractivity (Wildman–Crippen MR) is 85.8 cm³/mol. The van der Waals surface area contributed by atoms with Crippen molar-refractivity contribution in [2.24, 2.45) is 0 Å². The minimum atomic E-state index is -1.46. The Labute approximate surface area is 142 Å². The number of carboxylic acid groups (broad SMARTS) is 1. The van der Waals surface area contributed by atoms with E-state index in [1.807, 2.05) is 0 Å². The summed E-state index contributed by atoms with van der Waals surface area (Å²) in [5.41, 5.74) is 0.353. The third kappa shape index (κ3) is 5.02. The quantitative estimate of drug-likeness (QED) is 0.840. The molecule has 5 nitrogen and oxygen atoms in total. The molecule has 0 aliphatic rings. The van der Waals surface area contributed by atoms with E-state index in [-0.39, 0.29) is 0 Å². The molecule has 0 fully saturated rings. The van der Waals surface area contributed by atoms with Crippen LogP contribution in [0.5, 0.6) is 11.5 Å². The Morgan fingerprint density at radius 2 is 1.78 bits per heavy atom. The molecule has 0 aliphatic heterocycles. The number of aliphatic carboxylic acids is 1. The summed E-state index contributed by atoms with van der Waals surface area (Å²) in [4.78, 5) is 21.9. The van der Waals surface area contributed by atoms with Crippen molar-refractivity contribution in [1.82, 2.24) is 0 Å². The fourth-order valence-corrected chi connectivity index (χ4v) is 2.10. The summed E-state index contributed by atoms with van der Waals surface area (Å²) in [5.74, 6) is -1.39. The molecule has 0 atom stereocenters. The number of carbonyl (C=O) groups is 2. The van der Waals surface area contributed by atoms with Crippen LogP contribution >= 0.6 is 23.2 Å². The third-order valence-corrected chi connectivity index (χ3v) is 3.16. The molecule has 0 aliphatic carbocycles. The van der Waals surface area contributed by atoms with E-state index in [1.54, 1.807) is 36.4 Å². The Hall–Kier alpha value is -2.50. The molecule has 7 heteroatoms. The van der Waals surface area contributed by atoms with E-state index in [4.69, 9.17) is 27.9 Å². The molecule has 0 aromatic heterocycles. The van der Waals surface area contributed by atoms with Gasteiger partial charge in [-0.3, -0.25) is 4.79 Å². The minimum absolute atomic E-state index is 0.315. The first-order valence-electron chi connectivity index (χ1n) is 6.37. The zero-order valence-corrected chi connectivity index (χ0v) is 13.1. The number of benzene rings is 2. The van der Waals surface area contributed by atoms with Crippen LogP contribution in [-0.2, 0) is 9.59 Å². The lowest BCUT2D eigenvalue weighted by Gasteiger charge is -2.12. The molecule has 2 aromatic carbocycles. The van der Waals surface area contributed by atoms with Crippen molar-refractivity contribution in [3.8, 4) is 11.5 Å². The molecule has 118 valence electrons. The van der Waals surface area contributed by atoms with Gasteiger partial charge in [-0.15, -0.1) is 0 Å².